The number of alkyl halides is 4. The summed E-state index contributed by atoms with van der Waals surface area (Å²) in [4.78, 5) is 70.4. The van der Waals surface area contributed by atoms with E-state index in [0.29, 0.717) is 34.5 Å². The third kappa shape index (κ3) is 11.8. The molecule has 8 heterocycles. The molecule has 0 spiro atoms. The van der Waals surface area contributed by atoms with Crippen LogP contribution >= 0.6 is 45.9 Å². The molecule has 4 N–H and O–H groups in total. The molecule has 10 rings (SSSR count). The Morgan fingerprint density at radius 2 is 1.06 bits per heavy atom. The number of amidine groups is 2. The van der Waals surface area contributed by atoms with Gasteiger partial charge in [0, 0.05) is 96.5 Å². The number of hydrogen-bond acceptors (Lipinski definition) is 16. The summed E-state index contributed by atoms with van der Waals surface area (Å²) in [6.45, 7) is 3.21. The average molecular weight is 1170 g/mol. The fourth-order valence-corrected chi connectivity index (χ4v) is 13.2. The Morgan fingerprint density at radius 1 is 0.667 bits per heavy atom. The maximum Gasteiger partial charge on any atom is 0.338 e. The van der Waals surface area contributed by atoms with E-state index in [1.54, 1.807) is 58.9 Å². The monoisotopic (exact) mass is 1160 g/mol. The molecule has 0 amide bonds. The molecule has 16 nitrogen and oxygen atoms in total. The van der Waals surface area contributed by atoms with Crippen LogP contribution in [0.3, 0.4) is 0 Å². The Labute approximate surface area is 461 Å². The highest BCUT2D eigenvalue weighted by Crippen LogP contribution is 2.51. The van der Waals surface area contributed by atoms with Crippen molar-refractivity contribution in [3.8, 4) is 0 Å². The number of aliphatic carboxylic acids is 2. The number of aliphatic imine (C=N–C) groups is 2. The van der Waals surface area contributed by atoms with Crippen molar-refractivity contribution >= 4 is 81.4 Å². The predicted octanol–water partition coefficient (Wildman–Crippen LogP) is 9.61. The minimum atomic E-state index is -3.02. The van der Waals surface area contributed by atoms with Crippen LogP contribution in [0.1, 0.15) is 98.4 Å². The van der Waals surface area contributed by atoms with Gasteiger partial charge in [-0.2, -0.15) is 0 Å². The van der Waals surface area contributed by atoms with E-state index in [2.05, 4.69) is 30.6 Å². The maximum atomic E-state index is 15.1. The quantitative estimate of drug-likeness (QED) is 0.0609. The van der Waals surface area contributed by atoms with Gasteiger partial charge in [0.1, 0.15) is 23.7 Å². The topological polar surface area (TPSA) is 208 Å². The fraction of sp³-hybridized carbons (Fsp3) is 0.462. The van der Waals surface area contributed by atoms with Crippen molar-refractivity contribution in [3.05, 3.63) is 125 Å². The van der Waals surface area contributed by atoms with Crippen LogP contribution in [0.4, 0.5) is 26.3 Å². The molecule has 4 fully saturated rings. The Hall–Kier alpha value is -5.92. The number of carbonyl (C=O) groups excluding carboxylic acids is 2. The van der Waals surface area contributed by atoms with Gasteiger partial charge >= 0.3 is 23.9 Å². The molecule has 4 bridgehead atoms. The molecule has 6 aliphatic rings. The van der Waals surface area contributed by atoms with Crippen LogP contribution in [-0.4, -0.2) is 128 Å². The summed E-state index contributed by atoms with van der Waals surface area (Å²) in [5.41, 5.74) is 1.09. The Bertz CT molecular complexity index is 2870. The SMILES string of the molecule is CCOC(=O)C1=C(CN2[C@@H]3C[C@H](CC(=O)O)C[C@H]2C(F)(F)C3)NC(c2nccs2)=N[C@H]1c1cccc(F)c1Cl.CCOC(=O)C1=C(CN2[C@H]3C[C@@H](CC(=O)O)C[C@@H]2C(F)(F)C3)NC(c2nccs2)=N[C@H]1c1cccc(F)c1Cl. The van der Waals surface area contributed by atoms with Gasteiger partial charge in [-0.15, -0.1) is 22.7 Å². The second-order valence-electron chi connectivity index (χ2n) is 19.7. The first-order valence-electron chi connectivity index (χ1n) is 25.1. The number of carbonyl (C=O) groups is 4. The number of halogens is 8. The number of ether oxygens (including phenoxy) is 2. The number of hydrogen-bond donors (Lipinski definition) is 4. The van der Waals surface area contributed by atoms with E-state index in [4.69, 9.17) is 32.7 Å². The van der Waals surface area contributed by atoms with Crippen LogP contribution in [0.5, 0.6) is 0 Å². The van der Waals surface area contributed by atoms with Crippen LogP contribution in [0.15, 0.2) is 92.1 Å². The number of rotatable bonds is 16. The zero-order valence-electron chi connectivity index (χ0n) is 41.7. The third-order valence-electron chi connectivity index (χ3n) is 14.7. The number of fused-ring (bicyclic) bond motifs is 4. The molecular formula is C52H52Cl2F6N8O8S2. The largest absolute Gasteiger partial charge is 0.481 e. The molecule has 0 saturated carbocycles. The highest BCUT2D eigenvalue weighted by atomic mass is 35.5. The predicted molar refractivity (Wildman–Crippen MR) is 277 cm³/mol. The van der Waals surface area contributed by atoms with E-state index in [9.17, 15) is 38.2 Å². The molecule has 416 valence electrons. The fourth-order valence-electron chi connectivity index (χ4n) is 11.6. The highest BCUT2D eigenvalue weighted by Gasteiger charge is 2.59. The molecule has 6 aliphatic heterocycles. The van der Waals surface area contributed by atoms with Gasteiger partial charge in [-0.3, -0.25) is 29.4 Å². The molecule has 0 aliphatic carbocycles. The van der Waals surface area contributed by atoms with E-state index in [1.807, 2.05) is 0 Å². The first-order valence-corrected chi connectivity index (χ1v) is 27.6. The van der Waals surface area contributed by atoms with Crippen LogP contribution in [0, 0.1) is 23.5 Å². The summed E-state index contributed by atoms with van der Waals surface area (Å²) >= 11 is 15.2. The van der Waals surface area contributed by atoms with Gasteiger partial charge in [0.25, 0.3) is 11.8 Å². The van der Waals surface area contributed by atoms with E-state index < -0.39 is 96.4 Å². The van der Waals surface area contributed by atoms with E-state index in [1.165, 1.54) is 46.9 Å². The number of aromatic nitrogens is 2. The summed E-state index contributed by atoms with van der Waals surface area (Å²) < 4.78 is 100. The van der Waals surface area contributed by atoms with Gasteiger partial charge in [0.05, 0.1) is 46.5 Å². The molecular weight excluding hydrogens is 1110 g/mol. The first-order chi connectivity index (χ1) is 37.2. The Balaban J connectivity index is 0.000000190. The number of carboxylic acids is 2. The lowest BCUT2D eigenvalue weighted by atomic mass is 9.87. The van der Waals surface area contributed by atoms with Crippen LogP contribution < -0.4 is 10.6 Å². The minimum Gasteiger partial charge on any atom is -0.481 e. The van der Waals surface area contributed by atoms with Gasteiger partial charge < -0.3 is 30.3 Å². The Kier molecular flexibility index (Phi) is 17.1. The second kappa shape index (κ2) is 23.4. The van der Waals surface area contributed by atoms with Crippen molar-refractivity contribution in [2.45, 2.75) is 113 Å². The summed E-state index contributed by atoms with van der Waals surface area (Å²) in [5.74, 6) is -11.1. The third-order valence-corrected chi connectivity index (χ3v) is 17.1. The molecule has 0 unspecified atom stereocenters. The van der Waals surface area contributed by atoms with Crippen LogP contribution in [-0.2, 0) is 28.7 Å². The number of carboxylic acid groups (broad SMARTS) is 2. The van der Waals surface area contributed by atoms with Gasteiger partial charge in [0.15, 0.2) is 21.7 Å². The number of benzene rings is 2. The molecule has 8 atom stereocenters. The van der Waals surface area contributed by atoms with Crippen molar-refractivity contribution in [3.63, 3.8) is 0 Å². The van der Waals surface area contributed by atoms with Crippen LogP contribution in [0.2, 0.25) is 10.0 Å². The normalized spacial score (nSPS) is 26.2. The van der Waals surface area contributed by atoms with Crippen molar-refractivity contribution in [1.29, 1.82) is 0 Å². The molecule has 0 radical (unpaired) electrons. The van der Waals surface area contributed by atoms with Gasteiger partial charge in [0.2, 0.25) is 0 Å². The Morgan fingerprint density at radius 3 is 1.40 bits per heavy atom. The summed E-state index contributed by atoms with van der Waals surface area (Å²) in [6.07, 6.45) is 2.64. The smallest absolute Gasteiger partial charge is 0.338 e. The van der Waals surface area contributed by atoms with Crippen molar-refractivity contribution < 1.29 is 65.2 Å². The molecule has 78 heavy (non-hydrogen) atoms. The number of piperidine rings is 2. The van der Waals surface area contributed by atoms with E-state index in [0.717, 1.165) is 0 Å². The lowest BCUT2D eigenvalue weighted by molar-refractivity contribution is -0.140. The summed E-state index contributed by atoms with van der Waals surface area (Å²) in [6, 6.07) is 2.66. The second-order valence-corrected chi connectivity index (χ2v) is 22.2. The number of thiazole rings is 2. The molecule has 26 heteroatoms. The molecule has 2 aromatic carbocycles. The van der Waals surface area contributed by atoms with Gasteiger partial charge in [-0.1, -0.05) is 47.5 Å². The van der Waals surface area contributed by atoms with Gasteiger partial charge in [-0.05, 0) is 63.5 Å². The maximum absolute atomic E-state index is 15.1. The molecule has 2 aromatic heterocycles. The zero-order chi connectivity index (χ0) is 55.8. The first kappa shape index (κ1) is 56.8. The standard InChI is InChI=1S/2C26H26ClF3N4O4S/c2*1-2-38-25(37)20-17(12-34-14-8-13(10-19(35)36)9-18(34)26(29,30)11-14)32-23(24-31-6-7-39-24)33-22(20)15-4-3-5-16(28)21(15)27/h2*3-7,13-14,18,22H,2,8-12H2,1H3,(H,32,33)(H,35,36)/t13-,14+,18-,22+;13-,14+,18-,22-/m10/s1. The minimum absolute atomic E-state index is 0.0183. The van der Waals surface area contributed by atoms with Crippen molar-refractivity contribution in [2.24, 2.45) is 21.8 Å². The lowest BCUT2D eigenvalue weighted by Gasteiger charge is -2.40. The number of nitrogens with zero attached hydrogens (tertiary/aromatic N) is 6. The highest BCUT2D eigenvalue weighted by molar-refractivity contribution is 7.12. The van der Waals surface area contributed by atoms with Gasteiger partial charge in [-0.25, -0.2) is 45.9 Å². The van der Waals surface area contributed by atoms with E-state index in [-0.39, 0.29) is 108 Å². The summed E-state index contributed by atoms with van der Waals surface area (Å²) in [7, 11) is 0. The van der Waals surface area contributed by atoms with E-state index >= 15 is 17.6 Å². The summed E-state index contributed by atoms with van der Waals surface area (Å²) in [5, 5.41) is 28.7. The number of esters is 2. The average Bonchev–Trinajstić information content (AvgIpc) is 4.29. The number of nitrogens with one attached hydrogen (secondary N) is 2. The zero-order valence-corrected chi connectivity index (χ0v) is 44.9. The molecule has 4 aromatic rings. The molecule has 4 saturated heterocycles. The lowest BCUT2D eigenvalue weighted by Crippen LogP contribution is -2.50. The van der Waals surface area contributed by atoms with Crippen molar-refractivity contribution in [1.82, 2.24) is 30.4 Å². The van der Waals surface area contributed by atoms with Crippen molar-refractivity contribution in [2.75, 3.05) is 26.3 Å². The van der Waals surface area contributed by atoms with Crippen LogP contribution in [0.25, 0.3) is 0 Å².